The van der Waals surface area contributed by atoms with E-state index in [1.54, 1.807) is 24.3 Å². The van der Waals surface area contributed by atoms with Crippen LogP contribution < -0.4 is 10.0 Å². The zero-order valence-corrected chi connectivity index (χ0v) is 16.8. The fraction of sp³-hybridized carbons (Fsp3) is 0. The second kappa shape index (κ2) is 8.16. The maximum absolute atomic E-state index is 14.5. The second-order valence-electron chi connectivity index (χ2n) is 6.71. The Morgan fingerprint density at radius 3 is 2.23 bits per heavy atom. The average Bonchev–Trinajstić information content (AvgIpc) is 2.75. The minimum absolute atomic E-state index is 0.253. The zero-order valence-electron chi connectivity index (χ0n) is 16.0. The maximum Gasteiger partial charge on any atom is 0.262 e. The lowest BCUT2D eigenvalue weighted by Crippen LogP contribution is -2.16. The van der Waals surface area contributed by atoms with Crippen molar-refractivity contribution in [1.82, 2.24) is 0 Å². The minimum Gasteiger partial charge on any atom is -0.319 e. The Morgan fingerprint density at radius 2 is 1.45 bits per heavy atom. The molecule has 4 aromatic rings. The Kier molecular flexibility index (Phi) is 5.39. The summed E-state index contributed by atoms with van der Waals surface area (Å²) in [5.74, 6) is -2.56. The SMILES string of the molecule is O=C(Nc1ccc(S(=O)(=O)Nc2cccc3ccccc23)cc1F)c1ccccc1F. The van der Waals surface area contributed by atoms with Crippen LogP contribution in [-0.2, 0) is 10.0 Å². The lowest BCUT2D eigenvalue weighted by atomic mass is 10.1. The first-order valence-corrected chi connectivity index (χ1v) is 10.7. The lowest BCUT2D eigenvalue weighted by molar-refractivity contribution is 0.102. The number of hydrogen-bond donors (Lipinski definition) is 2. The molecule has 31 heavy (non-hydrogen) atoms. The van der Waals surface area contributed by atoms with Crippen molar-refractivity contribution in [2.45, 2.75) is 4.90 Å². The van der Waals surface area contributed by atoms with Gasteiger partial charge in [-0.3, -0.25) is 9.52 Å². The van der Waals surface area contributed by atoms with E-state index in [2.05, 4.69) is 10.0 Å². The molecule has 156 valence electrons. The summed E-state index contributed by atoms with van der Waals surface area (Å²) in [6, 6.07) is 20.8. The molecule has 0 bridgehead atoms. The number of hydrogen-bond acceptors (Lipinski definition) is 3. The molecule has 0 aliphatic rings. The summed E-state index contributed by atoms with van der Waals surface area (Å²) < 4.78 is 56.3. The predicted molar refractivity (Wildman–Crippen MR) is 116 cm³/mol. The predicted octanol–water partition coefficient (Wildman–Crippen LogP) is 5.17. The van der Waals surface area contributed by atoms with Crippen molar-refractivity contribution in [2.75, 3.05) is 10.0 Å². The Bertz CT molecular complexity index is 1400. The molecule has 0 saturated carbocycles. The van der Waals surface area contributed by atoms with Gasteiger partial charge in [0.25, 0.3) is 15.9 Å². The summed E-state index contributed by atoms with van der Waals surface area (Å²) in [6.45, 7) is 0. The summed E-state index contributed by atoms with van der Waals surface area (Å²) in [6.07, 6.45) is 0. The second-order valence-corrected chi connectivity index (χ2v) is 8.39. The molecule has 4 aromatic carbocycles. The van der Waals surface area contributed by atoms with Crippen LogP contribution in [0.3, 0.4) is 0 Å². The smallest absolute Gasteiger partial charge is 0.262 e. The fourth-order valence-corrected chi connectivity index (χ4v) is 4.21. The average molecular weight is 438 g/mol. The van der Waals surface area contributed by atoms with Crippen molar-refractivity contribution in [1.29, 1.82) is 0 Å². The van der Waals surface area contributed by atoms with Gasteiger partial charge in [0.1, 0.15) is 11.6 Å². The van der Waals surface area contributed by atoms with Gasteiger partial charge in [0.15, 0.2) is 0 Å². The van der Waals surface area contributed by atoms with E-state index in [0.717, 1.165) is 29.7 Å². The van der Waals surface area contributed by atoms with Crippen LogP contribution in [0.15, 0.2) is 89.8 Å². The molecule has 8 heteroatoms. The van der Waals surface area contributed by atoms with Crippen LogP contribution in [0, 0.1) is 11.6 Å². The summed E-state index contributed by atoms with van der Waals surface area (Å²) in [4.78, 5) is 11.9. The van der Waals surface area contributed by atoms with Crippen LogP contribution in [-0.4, -0.2) is 14.3 Å². The number of benzene rings is 4. The third-order valence-electron chi connectivity index (χ3n) is 4.65. The molecule has 0 heterocycles. The highest BCUT2D eigenvalue weighted by Gasteiger charge is 2.19. The monoisotopic (exact) mass is 438 g/mol. The standard InChI is InChI=1S/C23H16F2N2O3S/c24-19-10-4-3-9-18(19)23(28)26-22-13-12-16(14-20(22)25)31(29,30)27-21-11-5-7-15-6-1-2-8-17(15)21/h1-14,27H,(H,26,28). The number of halogens is 2. The van der Waals surface area contributed by atoms with Crippen LogP contribution in [0.5, 0.6) is 0 Å². The van der Waals surface area contributed by atoms with Gasteiger partial charge in [0.2, 0.25) is 0 Å². The molecular formula is C23H16F2N2O3S. The Labute approximate surface area is 177 Å². The van der Waals surface area contributed by atoms with E-state index in [1.165, 1.54) is 18.2 Å². The van der Waals surface area contributed by atoms with Gasteiger partial charge in [-0.05, 0) is 41.8 Å². The van der Waals surface area contributed by atoms with E-state index in [1.807, 2.05) is 18.2 Å². The largest absolute Gasteiger partial charge is 0.319 e. The molecule has 0 fully saturated rings. The van der Waals surface area contributed by atoms with Gasteiger partial charge < -0.3 is 5.32 Å². The van der Waals surface area contributed by atoms with Gasteiger partial charge in [-0.1, -0.05) is 48.5 Å². The van der Waals surface area contributed by atoms with Gasteiger partial charge >= 0.3 is 0 Å². The number of carbonyl (C=O) groups is 1. The highest BCUT2D eigenvalue weighted by Crippen LogP contribution is 2.27. The van der Waals surface area contributed by atoms with Crippen molar-refractivity contribution >= 4 is 38.1 Å². The molecule has 5 nitrogen and oxygen atoms in total. The summed E-state index contributed by atoms with van der Waals surface area (Å²) >= 11 is 0. The first-order chi connectivity index (χ1) is 14.8. The van der Waals surface area contributed by atoms with Crippen molar-refractivity contribution in [3.8, 4) is 0 Å². The van der Waals surface area contributed by atoms with Crippen LogP contribution in [0.4, 0.5) is 20.2 Å². The molecule has 0 aliphatic carbocycles. The Balaban J connectivity index is 1.59. The van der Waals surface area contributed by atoms with Crippen molar-refractivity contribution in [2.24, 2.45) is 0 Å². The number of sulfonamides is 1. The van der Waals surface area contributed by atoms with Gasteiger partial charge in [0.05, 0.1) is 21.8 Å². The van der Waals surface area contributed by atoms with Crippen LogP contribution in [0.25, 0.3) is 10.8 Å². The van der Waals surface area contributed by atoms with E-state index >= 15 is 0 Å². The summed E-state index contributed by atoms with van der Waals surface area (Å²) in [5, 5.41) is 3.80. The highest BCUT2D eigenvalue weighted by atomic mass is 32.2. The fourth-order valence-electron chi connectivity index (χ4n) is 3.12. The molecule has 0 aliphatic heterocycles. The first-order valence-electron chi connectivity index (χ1n) is 9.21. The van der Waals surface area contributed by atoms with E-state index in [0.29, 0.717) is 11.1 Å². The molecule has 0 aromatic heterocycles. The van der Waals surface area contributed by atoms with E-state index in [4.69, 9.17) is 0 Å². The van der Waals surface area contributed by atoms with Crippen LogP contribution >= 0.6 is 0 Å². The number of fused-ring (bicyclic) bond motifs is 1. The number of amides is 1. The third kappa shape index (κ3) is 4.24. The number of nitrogens with one attached hydrogen (secondary N) is 2. The van der Waals surface area contributed by atoms with Crippen molar-refractivity contribution in [3.05, 3.63) is 102 Å². The maximum atomic E-state index is 14.5. The molecule has 0 radical (unpaired) electrons. The van der Waals surface area contributed by atoms with Crippen LogP contribution in [0.2, 0.25) is 0 Å². The summed E-state index contributed by atoms with van der Waals surface area (Å²) in [5.41, 5.74) is -0.163. The first kappa shape index (κ1) is 20.5. The molecule has 0 atom stereocenters. The van der Waals surface area contributed by atoms with Gasteiger partial charge in [-0.15, -0.1) is 0 Å². The van der Waals surface area contributed by atoms with E-state index < -0.39 is 27.6 Å². The van der Waals surface area contributed by atoms with E-state index in [-0.39, 0.29) is 16.1 Å². The summed E-state index contributed by atoms with van der Waals surface area (Å²) in [7, 11) is -4.09. The number of anilines is 2. The number of rotatable bonds is 5. The topological polar surface area (TPSA) is 75.3 Å². The lowest BCUT2D eigenvalue weighted by Gasteiger charge is -2.12. The normalized spacial score (nSPS) is 11.3. The molecule has 0 spiro atoms. The van der Waals surface area contributed by atoms with Crippen molar-refractivity contribution in [3.63, 3.8) is 0 Å². The molecule has 0 saturated heterocycles. The zero-order chi connectivity index (χ0) is 22.0. The van der Waals surface area contributed by atoms with Gasteiger partial charge in [-0.2, -0.15) is 0 Å². The van der Waals surface area contributed by atoms with Gasteiger partial charge in [-0.25, -0.2) is 17.2 Å². The Morgan fingerprint density at radius 1 is 0.742 bits per heavy atom. The molecule has 1 amide bonds. The minimum atomic E-state index is -4.09. The van der Waals surface area contributed by atoms with Crippen LogP contribution in [0.1, 0.15) is 10.4 Å². The number of carbonyl (C=O) groups excluding carboxylic acids is 1. The molecule has 0 unspecified atom stereocenters. The third-order valence-corrected chi connectivity index (χ3v) is 6.01. The Hall–Kier alpha value is -3.78. The highest BCUT2D eigenvalue weighted by molar-refractivity contribution is 7.92. The molecule has 2 N–H and O–H groups in total. The quantitative estimate of drug-likeness (QED) is 0.451. The van der Waals surface area contributed by atoms with Crippen molar-refractivity contribution < 1.29 is 22.0 Å². The molecule has 4 rings (SSSR count). The van der Waals surface area contributed by atoms with Gasteiger partial charge in [0, 0.05) is 5.39 Å². The van der Waals surface area contributed by atoms with E-state index in [9.17, 15) is 22.0 Å². The molecular weight excluding hydrogens is 422 g/mol.